The molecule has 9 nitrogen and oxygen atoms in total. The predicted octanol–water partition coefficient (Wildman–Crippen LogP) is 1.64. The van der Waals surface area contributed by atoms with Crippen LogP contribution in [0.2, 0.25) is 0 Å². The van der Waals surface area contributed by atoms with Gasteiger partial charge >= 0.3 is 0 Å². The van der Waals surface area contributed by atoms with Crippen LogP contribution in [0.1, 0.15) is 0 Å². The monoisotopic (exact) mass is 471 g/mol. The van der Waals surface area contributed by atoms with Crippen LogP contribution in [-0.2, 0) is 37.9 Å². The van der Waals surface area contributed by atoms with Crippen LogP contribution < -0.4 is 5.73 Å². The number of hydrogen-bond acceptors (Lipinski definition) is 9. The second-order valence-corrected chi connectivity index (χ2v) is 7.01. The lowest BCUT2D eigenvalue weighted by Crippen LogP contribution is -2.62. The van der Waals surface area contributed by atoms with E-state index in [9.17, 15) is 0 Å². The van der Waals surface area contributed by atoms with Crippen LogP contribution >= 0.6 is 0 Å². The van der Waals surface area contributed by atoms with E-state index in [2.05, 4.69) is 26.3 Å². The van der Waals surface area contributed by atoms with E-state index in [0.717, 1.165) is 0 Å². The van der Waals surface area contributed by atoms with Crippen molar-refractivity contribution in [1.29, 1.82) is 0 Å². The molecule has 0 bridgehead atoms. The average Bonchev–Trinajstić information content (AvgIpc) is 2.82. The first kappa shape index (κ1) is 29.6. The standard InChI is InChI=1S/C24H41NO8/c1-5-10-28-19-20-21(29-11-6-2)22(30-12-7-3)23(31-13-8-4)24(33-20)32-18-17-27-16-15-26-14-9-25/h5-8,20-24H,1-4,9-19,25H2/t20-,21-,22+,23-,24-/m1/s1. The lowest BCUT2D eigenvalue weighted by molar-refractivity contribution is -0.320. The first-order chi connectivity index (χ1) is 16.2. The molecule has 5 atom stereocenters. The van der Waals surface area contributed by atoms with Crippen molar-refractivity contribution in [1.82, 2.24) is 0 Å². The molecule has 1 aliphatic rings. The van der Waals surface area contributed by atoms with Crippen molar-refractivity contribution in [2.45, 2.75) is 30.7 Å². The van der Waals surface area contributed by atoms with Gasteiger partial charge in [-0.05, 0) is 0 Å². The van der Waals surface area contributed by atoms with E-state index in [0.29, 0.717) is 66.0 Å². The molecule has 0 aliphatic carbocycles. The smallest absolute Gasteiger partial charge is 0.187 e. The summed E-state index contributed by atoms with van der Waals surface area (Å²) in [6.07, 6.45) is 3.95. The van der Waals surface area contributed by atoms with E-state index in [1.807, 2.05) is 0 Å². The van der Waals surface area contributed by atoms with Crippen molar-refractivity contribution in [3.8, 4) is 0 Å². The normalized spacial score (nSPS) is 24.9. The SMILES string of the molecule is C=CCOC[C@H]1O[C@@H](OCCOCCOCCN)[C@H](OCC=C)[C@@H](OCC=C)[C@@H]1OCC=C. The van der Waals surface area contributed by atoms with Crippen molar-refractivity contribution in [2.75, 3.05) is 72.6 Å². The molecule has 190 valence electrons. The largest absolute Gasteiger partial charge is 0.378 e. The number of nitrogens with two attached hydrogens (primary N) is 1. The van der Waals surface area contributed by atoms with E-state index in [4.69, 9.17) is 43.6 Å². The molecule has 0 spiro atoms. The molecule has 0 aromatic rings. The summed E-state index contributed by atoms with van der Waals surface area (Å²) < 4.78 is 46.8. The van der Waals surface area contributed by atoms with Gasteiger partial charge in [-0.1, -0.05) is 24.3 Å². The van der Waals surface area contributed by atoms with Gasteiger partial charge in [-0.15, -0.1) is 26.3 Å². The molecule has 1 heterocycles. The highest BCUT2D eigenvalue weighted by Gasteiger charge is 2.48. The highest BCUT2D eigenvalue weighted by molar-refractivity contribution is 4.94. The molecular formula is C24H41NO8. The van der Waals surface area contributed by atoms with Crippen molar-refractivity contribution < 1.29 is 37.9 Å². The first-order valence-electron chi connectivity index (χ1n) is 11.2. The molecule has 1 aliphatic heterocycles. The third kappa shape index (κ3) is 12.0. The summed E-state index contributed by atoms with van der Waals surface area (Å²) in [6, 6.07) is 0. The molecule has 9 heteroatoms. The fraction of sp³-hybridized carbons (Fsp3) is 0.667. The summed E-state index contributed by atoms with van der Waals surface area (Å²) in [7, 11) is 0. The summed E-state index contributed by atoms with van der Waals surface area (Å²) in [5.41, 5.74) is 5.39. The van der Waals surface area contributed by atoms with Crippen LogP contribution in [0.3, 0.4) is 0 Å². The van der Waals surface area contributed by atoms with Crippen molar-refractivity contribution in [3.63, 3.8) is 0 Å². The minimum Gasteiger partial charge on any atom is -0.378 e. The van der Waals surface area contributed by atoms with Crippen molar-refractivity contribution >= 4 is 0 Å². The maximum absolute atomic E-state index is 6.22. The zero-order chi connectivity index (χ0) is 24.2. The maximum Gasteiger partial charge on any atom is 0.187 e. The molecule has 0 saturated carbocycles. The van der Waals surface area contributed by atoms with Crippen LogP contribution in [0.5, 0.6) is 0 Å². The Morgan fingerprint density at radius 2 is 1.15 bits per heavy atom. The predicted molar refractivity (Wildman–Crippen MR) is 126 cm³/mol. The summed E-state index contributed by atoms with van der Waals surface area (Å²) in [6.45, 7) is 19.0. The van der Waals surface area contributed by atoms with E-state index in [1.54, 1.807) is 24.3 Å². The van der Waals surface area contributed by atoms with E-state index < -0.39 is 30.7 Å². The maximum atomic E-state index is 6.22. The Morgan fingerprint density at radius 3 is 1.76 bits per heavy atom. The fourth-order valence-corrected chi connectivity index (χ4v) is 3.15. The molecule has 0 aromatic heterocycles. The summed E-state index contributed by atoms with van der Waals surface area (Å²) in [5.74, 6) is 0. The zero-order valence-corrected chi connectivity index (χ0v) is 19.6. The molecule has 33 heavy (non-hydrogen) atoms. The Bertz CT molecular complexity index is 533. The summed E-state index contributed by atoms with van der Waals surface area (Å²) >= 11 is 0. The van der Waals surface area contributed by atoms with E-state index in [1.165, 1.54) is 0 Å². The molecular weight excluding hydrogens is 430 g/mol. The summed E-state index contributed by atoms with van der Waals surface area (Å²) in [5, 5.41) is 0. The first-order valence-corrected chi connectivity index (χ1v) is 11.2. The number of ether oxygens (including phenoxy) is 8. The van der Waals surface area contributed by atoms with E-state index in [-0.39, 0.29) is 6.61 Å². The van der Waals surface area contributed by atoms with Gasteiger partial charge in [0, 0.05) is 6.54 Å². The minimum atomic E-state index is -0.724. The molecule has 0 amide bonds. The Hall–Kier alpha value is -1.40. The van der Waals surface area contributed by atoms with Gasteiger partial charge in [-0.25, -0.2) is 0 Å². The fourth-order valence-electron chi connectivity index (χ4n) is 3.15. The van der Waals surface area contributed by atoms with Gasteiger partial charge in [0.1, 0.15) is 24.4 Å². The van der Waals surface area contributed by atoms with Gasteiger partial charge in [-0.2, -0.15) is 0 Å². The molecule has 0 aromatic carbocycles. The Morgan fingerprint density at radius 1 is 0.606 bits per heavy atom. The van der Waals surface area contributed by atoms with E-state index >= 15 is 0 Å². The average molecular weight is 472 g/mol. The Balaban J connectivity index is 2.85. The topological polar surface area (TPSA) is 99.9 Å². The molecule has 1 fully saturated rings. The highest BCUT2D eigenvalue weighted by atomic mass is 16.7. The van der Waals surface area contributed by atoms with Crippen LogP contribution in [0, 0.1) is 0 Å². The quantitative estimate of drug-likeness (QED) is 0.187. The highest BCUT2D eigenvalue weighted by Crippen LogP contribution is 2.29. The second kappa shape index (κ2) is 20.0. The molecule has 1 saturated heterocycles. The molecule has 0 radical (unpaired) electrons. The van der Waals surface area contributed by atoms with Crippen molar-refractivity contribution in [2.24, 2.45) is 5.73 Å². The lowest BCUT2D eigenvalue weighted by atomic mass is 9.98. The lowest BCUT2D eigenvalue weighted by Gasteiger charge is -2.45. The Kier molecular flexibility index (Phi) is 18.0. The van der Waals surface area contributed by atoms with Gasteiger partial charge < -0.3 is 43.6 Å². The van der Waals surface area contributed by atoms with Gasteiger partial charge in [0.25, 0.3) is 0 Å². The summed E-state index contributed by atoms with van der Waals surface area (Å²) in [4.78, 5) is 0. The third-order valence-electron chi connectivity index (χ3n) is 4.47. The van der Waals surface area contributed by atoms with Crippen molar-refractivity contribution in [3.05, 3.63) is 50.6 Å². The van der Waals surface area contributed by atoms with Gasteiger partial charge in [-0.3, -0.25) is 0 Å². The third-order valence-corrected chi connectivity index (χ3v) is 4.47. The molecule has 0 unspecified atom stereocenters. The van der Waals surface area contributed by atoms with Crippen LogP contribution in [0.15, 0.2) is 50.6 Å². The van der Waals surface area contributed by atoms with Crippen LogP contribution in [0.4, 0.5) is 0 Å². The number of rotatable bonds is 22. The van der Waals surface area contributed by atoms with Gasteiger partial charge in [0.2, 0.25) is 0 Å². The molecule has 2 N–H and O–H groups in total. The van der Waals surface area contributed by atoms with Gasteiger partial charge in [0.05, 0.1) is 66.1 Å². The zero-order valence-electron chi connectivity index (χ0n) is 19.6. The van der Waals surface area contributed by atoms with Crippen LogP contribution in [0.25, 0.3) is 0 Å². The second-order valence-electron chi connectivity index (χ2n) is 7.01. The number of hydrogen-bond donors (Lipinski definition) is 1. The van der Waals surface area contributed by atoms with Crippen LogP contribution in [-0.4, -0.2) is 103 Å². The molecule has 1 rings (SSSR count). The Labute approximate surface area is 198 Å². The minimum absolute atomic E-state index is 0.269. The van der Waals surface area contributed by atoms with Gasteiger partial charge in [0.15, 0.2) is 6.29 Å².